The fourth-order valence-corrected chi connectivity index (χ4v) is 1.93. The number of anilines is 2. The highest BCUT2D eigenvalue weighted by Crippen LogP contribution is 2.22. The Labute approximate surface area is 144 Å². The van der Waals surface area contributed by atoms with Gasteiger partial charge >= 0.3 is 5.97 Å². The lowest BCUT2D eigenvalue weighted by Crippen LogP contribution is -2.14. The van der Waals surface area contributed by atoms with E-state index in [4.69, 9.17) is 5.26 Å². The minimum Gasteiger partial charge on any atom is -0.506 e. The summed E-state index contributed by atoms with van der Waals surface area (Å²) >= 11 is 0. The van der Waals surface area contributed by atoms with Crippen molar-refractivity contribution in [2.24, 2.45) is 0 Å². The van der Waals surface area contributed by atoms with Crippen molar-refractivity contribution in [3.8, 4) is 11.8 Å². The summed E-state index contributed by atoms with van der Waals surface area (Å²) in [5.74, 6) is -1.28. The van der Waals surface area contributed by atoms with E-state index in [1.165, 1.54) is 31.5 Å². The summed E-state index contributed by atoms with van der Waals surface area (Å²) in [4.78, 5) is 23.6. The number of rotatable bonds is 5. The maximum absolute atomic E-state index is 12.1. The topological polar surface area (TPSA) is 111 Å². The van der Waals surface area contributed by atoms with Crippen molar-refractivity contribution in [1.29, 1.82) is 5.26 Å². The van der Waals surface area contributed by atoms with Crippen LogP contribution in [0.25, 0.3) is 0 Å². The third kappa shape index (κ3) is 4.59. The normalized spacial score (nSPS) is 10.5. The highest BCUT2D eigenvalue weighted by atomic mass is 16.5. The highest BCUT2D eigenvalue weighted by molar-refractivity contribution is 6.07. The van der Waals surface area contributed by atoms with Gasteiger partial charge in [-0.1, -0.05) is 18.2 Å². The van der Waals surface area contributed by atoms with Crippen molar-refractivity contribution in [3.63, 3.8) is 0 Å². The molecular formula is C18H15N3O4. The first kappa shape index (κ1) is 17.6. The zero-order chi connectivity index (χ0) is 18.2. The van der Waals surface area contributed by atoms with Gasteiger partial charge in [-0.15, -0.1) is 0 Å². The number of para-hydroxylation sites is 2. The third-order valence-corrected chi connectivity index (χ3v) is 3.18. The van der Waals surface area contributed by atoms with Gasteiger partial charge in [-0.25, -0.2) is 4.79 Å². The minimum atomic E-state index is -0.680. The van der Waals surface area contributed by atoms with Crippen molar-refractivity contribution in [3.05, 3.63) is 65.9 Å². The van der Waals surface area contributed by atoms with Gasteiger partial charge in [-0.2, -0.15) is 5.26 Å². The predicted molar refractivity (Wildman–Crippen MR) is 91.8 cm³/mol. The Kier molecular flexibility index (Phi) is 5.74. The second-order valence-corrected chi connectivity index (χ2v) is 4.86. The molecule has 2 aromatic rings. The van der Waals surface area contributed by atoms with E-state index >= 15 is 0 Å². The highest BCUT2D eigenvalue weighted by Gasteiger charge is 2.11. The summed E-state index contributed by atoms with van der Waals surface area (Å²) in [6.45, 7) is 0. The number of carbonyl (C=O) groups excluding carboxylic acids is 2. The molecule has 126 valence electrons. The molecular weight excluding hydrogens is 322 g/mol. The van der Waals surface area contributed by atoms with Crippen LogP contribution >= 0.6 is 0 Å². The molecule has 2 rings (SSSR count). The molecule has 0 aliphatic heterocycles. The summed E-state index contributed by atoms with van der Waals surface area (Å²) in [6.07, 6.45) is 1.21. The van der Waals surface area contributed by atoms with Crippen LogP contribution in [0.3, 0.4) is 0 Å². The van der Waals surface area contributed by atoms with Gasteiger partial charge in [0, 0.05) is 11.9 Å². The summed E-state index contributed by atoms with van der Waals surface area (Å²) in [6, 6.07) is 14.4. The molecule has 0 aliphatic rings. The molecule has 0 aliphatic carbocycles. The van der Waals surface area contributed by atoms with Gasteiger partial charge < -0.3 is 20.5 Å². The number of nitriles is 1. The molecule has 0 saturated carbocycles. The Balaban J connectivity index is 2.13. The van der Waals surface area contributed by atoms with Gasteiger partial charge in [0.15, 0.2) is 0 Å². The molecule has 0 radical (unpaired) electrons. The summed E-state index contributed by atoms with van der Waals surface area (Å²) in [7, 11) is 1.28. The van der Waals surface area contributed by atoms with E-state index in [0.29, 0.717) is 11.3 Å². The minimum absolute atomic E-state index is 0.105. The van der Waals surface area contributed by atoms with Crippen LogP contribution in [0.2, 0.25) is 0 Å². The molecule has 2 aromatic carbocycles. The zero-order valence-electron chi connectivity index (χ0n) is 13.3. The fraction of sp³-hybridized carbons (Fsp3) is 0.0556. The second kappa shape index (κ2) is 8.17. The van der Waals surface area contributed by atoms with Crippen molar-refractivity contribution >= 4 is 23.3 Å². The standard InChI is InChI=1S/C18H15N3O4/c1-25-18(24)12-5-4-6-14(9-12)20-11-13(10-19)17(23)21-15-7-2-3-8-16(15)22/h2-9,11,20,22H,1H3,(H,21,23)/b13-11-. The molecule has 3 N–H and O–H groups in total. The largest absolute Gasteiger partial charge is 0.506 e. The number of carbonyl (C=O) groups is 2. The molecule has 0 fully saturated rings. The third-order valence-electron chi connectivity index (χ3n) is 3.18. The maximum Gasteiger partial charge on any atom is 0.337 e. The fourth-order valence-electron chi connectivity index (χ4n) is 1.93. The molecule has 0 atom stereocenters. The van der Waals surface area contributed by atoms with Crippen LogP contribution in [0, 0.1) is 11.3 Å². The Morgan fingerprint density at radius 3 is 2.64 bits per heavy atom. The summed E-state index contributed by atoms with van der Waals surface area (Å²) in [5.41, 5.74) is 0.831. The average molecular weight is 337 g/mol. The van der Waals surface area contributed by atoms with Crippen molar-refractivity contribution < 1.29 is 19.4 Å². The first-order valence-electron chi connectivity index (χ1n) is 7.19. The SMILES string of the molecule is COC(=O)c1cccc(N/C=C(/C#N)C(=O)Nc2ccccc2O)c1. The monoisotopic (exact) mass is 337 g/mol. The number of esters is 1. The molecule has 0 bridgehead atoms. The lowest BCUT2D eigenvalue weighted by molar-refractivity contribution is -0.112. The van der Waals surface area contributed by atoms with Crippen LogP contribution < -0.4 is 10.6 Å². The van der Waals surface area contributed by atoms with E-state index in [2.05, 4.69) is 15.4 Å². The predicted octanol–water partition coefficient (Wildman–Crippen LogP) is 2.64. The number of ether oxygens (including phenoxy) is 1. The van der Waals surface area contributed by atoms with E-state index in [9.17, 15) is 14.7 Å². The van der Waals surface area contributed by atoms with Crippen LogP contribution in [0.15, 0.2) is 60.3 Å². The number of nitrogens with one attached hydrogen (secondary N) is 2. The molecule has 0 spiro atoms. The van der Waals surface area contributed by atoms with E-state index in [-0.39, 0.29) is 17.0 Å². The molecule has 0 heterocycles. The molecule has 25 heavy (non-hydrogen) atoms. The van der Waals surface area contributed by atoms with Crippen molar-refractivity contribution in [2.75, 3.05) is 17.7 Å². The Hall–Kier alpha value is -3.79. The number of amides is 1. The smallest absolute Gasteiger partial charge is 0.337 e. The number of benzene rings is 2. The number of aromatic hydroxyl groups is 1. The number of methoxy groups -OCH3 is 1. The molecule has 7 heteroatoms. The van der Waals surface area contributed by atoms with Crippen molar-refractivity contribution in [2.45, 2.75) is 0 Å². The molecule has 7 nitrogen and oxygen atoms in total. The number of nitrogens with zero attached hydrogens (tertiary/aromatic N) is 1. The molecule has 0 unspecified atom stereocenters. The summed E-state index contributed by atoms with van der Waals surface area (Å²) < 4.78 is 4.63. The molecule has 1 amide bonds. The zero-order valence-corrected chi connectivity index (χ0v) is 13.3. The van der Waals surface area contributed by atoms with Crippen LogP contribution in [0.5, 0.6) is 5.75 Å². The first-order chi connectivity index (χ1) is 12.0. The van der Waals surface area contributed by atoms with E-state index < -0.39 is 11.9 Å². The van der Waals surface area contributed by atoms with Gasteiger partial charge in [0.05, 0.1) is 18.4 Å². The number of phenolic OH excluding ortho intramolecular Hbond substituents is 1. The number of phenols is 1. The summed E-state index contributed by atoms with van der Waals surface area (Å²) in [5, 5.41) is 24.0. The van der Waals surface area contributed by atoms with Gasteiger partial charge in [0.25, 0.3) is 5.91 Å². The van der Waals surface area contributed by atoms with Crippen molar-refractivity contribution in [1.82, 2.24) is 0 Å². The maximum atomic E-state index is 12.1. The van der Waals surface area contributed by atoms with Gasteiger partial charge in [0.2, 0.25) is 0 Å². The van der Waals surface area contributed by atoms with Gasteiger partial charge in [-0.3, -0.25) is 4.79 Å². The van der Waals surface area contributed by atoms with Crippen LogP contribution in [0.4, 0.5) is 11.4 Å². The van der Waals surface area contributed by atoms with Crippen LogP contribution in [-0.4, -0.2) is 24.1 Å². The quantitative estimate of drug-likeness (QED) is 0.335. The van der Waals surface area contributed by atoms with Crippen LogP contribution in [-0.2, 0) is 9.53 Å². The van der Waals surface area contributed by atoms with E-state index in [0.717, 1.165) is 0 Å². The Bertz CT molecular complexity index is 869. The van der Waals surface area contributed by atoms with Gasteiger partial charge in [-0.05, 0) is 30.3 Å². The number of hydrogen-bond donors (Lipinski definition) is 3. The molecule has 0 aromatic heterocycles. The molecule has 0 saturated heterocycles. The van der Waals surface area contributed by atoms with Gasteiger partial charge in [0.1, 0.15) is 17.4 Å². The lowest BCUT2D eigenvalue weighted by atomic mass is 10.2. The average Bonchev–Trinajstić information content (AvgIpc) is 2.63. The first-order valence-corrected chi connectivity index (χ1v) is 7.19. The second-order valence-electron chi connectivity index (χ2n) is 4.86. The van der Waals surface area contributed by atoms with E-state index in [1.54, 1.807) is 36.4 Å². The van der Waals surface area contributed by atoms with Crippen LogP contribution in [0.1, 0.15) is 10.4 Å². The number of hydrogen-bond acceptors (Lipinski definition) is 6. The lowest BCUT2D eigenvalue weighted by Gasteiger charge is -2.07. The van der Waals surface area contributed by atoms with E-state index in [1.807, 2.05) is 0 Å². The Morgan fingerprint density at radius 1 is 1.20 bits per heavy atom. The Morgan fingerprint density at radius 2 is 1.96 bits per heavy atom.